The van der Waals surface area contributed by atoms with Gasteiger partial charge in [-0.25, -0.2) is 0 Å². The third-order valence-electron chi connectivity index (χ3n) is 4.61. The van der Waals surface area contributed by atoms with E-state index in [1.165, 1.54) is 48.7 Å². The van der Waals surface area contributed by atoms with Gasteiger partial charge in [-0.1, -0.05) is 25.1 Å². The van der Waals surface area contributed by atoms with Crippen molar-refractivity contribution >= 4 is 10.9 Å². The number of rotatable bonds is 8. The Morgan fingerprint density at radius 2 is 2.14 bits per heavy atom. The molecule has 0 bridgehead atoms. The van der Waals surface area contributed by atoms with E-state index in [-0.39, 0.29) is 0 Å². The Morgan fingerprint density at radius 1 is 1.33 bits per heavy atom. The number of aryl methyl sites for hydroxylation is 2. The lowest BCUT2D eigenvalue weighted by atomic mass is 10.0. The Labute approximate surface area is 127 Å². The summed E-state index contributed by atoms with van der Waals surface area (Å²) >= 11 is 0. The lowest BCUT2D eigenvalue weighted by Gasteiger charge is -2.17. The smallest absolute Gasteiger partial charge is 0.0703 e. The minimum Gasteiger partial charge on any atom is -0.314 e. The monoisotopic (exact) mass is 285 g/mol. The molecule has 21 heavy (non-hydrogen) atoms. The number of benzene rings is 1. The average molecular weight is 285 g/mol. The second-order valence-electron chi connectivity index (χ2n) is 6.38. The first-order valence-corrected chi connectivity index (χ1v) is 8.43. The fraction of sp³-hybridized carbons (Fsp3) is 0.611. The summed E-state index contributed by atoms with van der Waals surface area (Å²) in [6.07, 6.45) is 7.70. The predicted molar refractivity (Wildman–Crippen MR) is 88.5 cm³/mol. The van der Waals surface area contributed by atoms with Crippen molar-refractivity contribution in [2.75, 3.05) is 6.54 Å². The van der Waals surface area contributed by atoms with Gasteiger partial charge >= 0.3 is 0 Å². The first-order chi connectivity index (χ1) is 10.3. The molecule has 114 valence electrons. The standard InChI is InChI=1S/C18H27N3/c1-3-13-19-16(14-11-12-14)8-6-9-17-15-7-4-5-10-18(15)21(2)20-17/h4-5,7,10,14,16,19H,3,6,8-9,11-13H2,1-2H3. The molecule has 3 heteroatoms. The molecule has 1 aromatic heterocycles. The molecule has 1 saturated carbocycles. The average Bonchev–Trinajstić information content (AvgIpc) is 3.29. The summed E-state index contributed by atoms with van der Waals surface area (Å²) in [5.74, 6) is 0.942. The maximum absolute atomic E-state index is 4.71. The highest BCUT2D eigenvalue weighted by molar-refractivity contribution is 5.81. The van der Waals surface area contributed by atoms with Crippen molar-refractivity contribution in [2.24, 2.45) is 13.0 Å². The van der Waals surface area contributed by atoms with Crippen LogP contribution in [0.3, 0.4) is 0 Å². The summed E-state index contributed by atoms with van der Waals surface area (Å²) < 4.78 is 2.01. The van der Waals surface area contributed by atoms with Crippen LogP contribution >= 0.6 is 0 Å². The molecule has 0 radical (unpaired) electrons. The zero-order chi connectivity index (χ0) is 14.7. The van der Waals surface area contributed by atoms with Crippen LogP contribution in [0.5, 0.6) is 0 Å². The maximum atomic E-state index is 4.71. The van der Waals surface area contributed by atoms with Gasteiger partial charge in [0, 0.05) is 18.5 Å². The van der Waals surface area contributed by atoms with Crippen molar-refractivity contribution < 1.29 is 0 Å². The van der Waals surface area contributed by atoms with Gasteiger partial charge in [-0.3, -0.25) is 4.68 Å². The Kier molecular flexibility index (Phi) is 4.59. The van der Waals surface area contributed by atoms with Gasteiger partial charge in [-0.15, -0.1) is 0 Å². The van der Waals surface area contributed by atoms with Gasteiger partial charge in [-0.05, 0) is 57.1 Å². The van der Waals surface area contributed by atoms with Crippen molar-refractivity contribution in [1.29, 1.82) is 0 Å². The van der Waals surface area contributed by atoms with Crippen molar-refractivity contribution in [3.63, 3.8) is 0 Å². The van der Waals surface area contributed by atoms with E-state index < -0.39 is 0 Å². The van der Waals surface area contributed by atoms with Gasteiger partial charge in [0.15, 0.2) is 0 Å². The van der Waals surface area contributed by atoms with Crippen molar-refractivity contribution in [2.45, 2.75) is 51.5 Å². The van der Waals surface area contributed by atoms with Crippen LogP contribution in [0.2, 0.25) is 0 Å². The van der Waals surface area contributed by atoms with Crippen LogP contribution in [0.25, 0.3) is 10.9 Å². The van der Waals surface area contributed by atoms with Crippen LogP contribution in [0, 0.1) is 5.92 Å². The summed E-state index contributed by atoms with van der Waals surface area (Å²) in [7, 11) is 2.04. The van der Waals surface area contributed by atoms with Crippen LogP contribution in [-0.2, 0) is 13.5 Å². The highest BCUT2D eigenvalue weighted by atomic mass is 15.3. The summed E-state index contributed by atoms with van der Waals surface area (Å²) in [4.78, 5) is 0. The fourth-order valence-corrected chi connectivity index (χ4v) is 3.30. The van der Waals surface area contributed by atoms with Crippen LogP contribution in [0.4, 0.5) is 0 Å². The van der Waals surface area contributed by atoms with E-state index in [1.54, 1.807) is 0 Å². The predicted octanol–water partition coefficient (Wildman–Crippen LogP) is 3.67. The molecule has 1 aliphatic carbocycles. The molecule has 3 rings (SSSR count). The van der Waals surface area contributed by atoms with Crippen molar-refractivity contribution in [3.05, 3.63) is 30.0 Å². The van der Waals surface area contributed by atoms with Gasteiger partial charge in [0.2, 0.25) is 0 Å². The van der Waals surface area contributed by atoms with E-state index in [9.17, 15) is 0 Å². The molecule has 2 aromatic rings. The molecule has 1 aliphatic rings. The third-order valence-corrected chi connectivity index (χ3v) is 4.61. The summed E-state index contributed by atoms with van der Waals surface area (Å²) in [6, 6.07) is 9.29. The molecule has 1 atom stereocenters. The normalized spacial score (nSPS) is 16.5. The third kappa shape index (κ3) is 3.46. The van der Waals surface area contributed by atoms with E-state index in [2.05, 4.69) is 36.5 Å². The first-order valence-electron chi connectivity index (χ1n) is 8.43. The number of nitrogens with zero attached hydrogens (tertiary/aromatic N) is 2. The van der Waals surface area contributed by atoms with E-state index in [1.807, 2.05) is 11.7 Å². The molecule has 3 nitrogen and oxygen atoms in total. The maximum Gasteiger partial charge on any atom is 0.0703 e. The van der Waals surface area contributed by atoms with E-state index in [0.29, 0.717) is 0 Å². The van der Waals surface area contributed by atoms with Crippen LogP contribution in [0.15, 0.2) is 24.3 Å². The largest absolute Gasteiger partial charge is 0.314 e. The molecule has 0 aliphatic heterocycles. The van der Waals surface area contributed by atoms with E-state index in [4.69, 9.17) is 5.10 Å². The molecule has 1 N–H and O–H groups in total. The SMILES string of the molecule is CCCNC(CCCc1nn(C)c2ccccc12)C1CC1. The molecule has 1 unspecified atom stereocenters. The number of fused-ring (bicyclic) bond motifs is 1. The lowest BCUT2D eigenvalue weighted by Crippen LogP contribution is -2.31. The Balaban J connectivity index is 1.58. The lowest BCUT2D eigenvalue weighted by molar-refractivity contribution is 0.424. The van der Waals surface area contributed by atoms with Crippen LogP contribution in [0.1, 0.15) is 44.7 Å². The van der Waals surface area contributed by atoms with Crippen molar-refractivity contribution in [3.8, 4) is 0 Å². The Hall–Kier alpha value is -1.35. The van der Waals surface area contributed by atoms with Crippen molar-refractivity contribution in [1.82, 2.24) is 15.1 Å². The number of hydrogen-bond donors (Lipinski definition) is 1. The highest BCUT2D eigenvalue weighted by Crippen LogP contribution is 2.34. The number of nitrogens with one attached hydrogen (secondary N) is 1. The molecule has 0 spiro atoms. The number of aromatic nitrogens is 2. The first kappa shape index (κ1) is 14.6. The summed E-state index contributed by atoms with van der Waals surface area (Å²) in [6.45, 7) is 3.41. The van der Waals surface area contributed by atoms with Gasteiger partial charge < -0.3 is 5.32 Å². The molecule has 1 heterocycles. The Morgan fingerprint density at radius 3 is 2.90 bits per heavy atom. The molecule has 1 aromatic carbocycles. The molecule has 0 amide bonds. The molecule has 0 saturated heterocycles. The van der Waals surface area contributed by atoms with Gasteiger partial charge in [0.25, 0.3) is 0 Å². The number of para-hydroxylation sites is 1. The van der Waals surface area contributed by atoms with Crippen LogP contribution < -0.4 is 5.32 Å². The summed E-state index contributed by atoms with van der Waals surface area (Å²) in [5.41, 5.74) is 2.51. The molecular formula is C18H27N3. The van der Waals surface area contributed by atoms with Crippen LogP contribution in [-0.4, -0.2) is 22.4 Å². The van der Waals surface area contributed by atoms with Gasteiger partial charge in [-0.2, -0.15) is 5.10 Å². The molecule has 1 fully saturated rings. The zero-order valence-corrected chi connectivity index (χ0v) is 13.3. The zero-order valence-electron chi connectivity index (χ0n) is 13.3. The summed E-state index contributed by atoms with van der Waals surface area (Å²) in [5, 5.41) is 9.76. The minimum absolute atomic E-state index is 0.736. The topological polar surface area (TPSA) is 29.9 Å². The second-order valence-corrected chi connectivity index (χ2v) is 6.38. The van der Waals surface area contributed by atoms with Gasteiger partial charge in [0.05, 0.1) is 11.2 Å². The highest BCUT2D eigenvalue weighted by Gasteiger charge is 2.30. The van der Waals surface area contributed by atoms with Gasteiger partial charge in [0.1, 0.15) is 0 Å². The molecular weight excluding hydrogens is 258 g/mol. The second kappa shape index (κ2) is 6.61. The Bertz CT molecular complexity index is 583. The minimum atomic E-state index is 0.736. The number of hydrogen-bond acceptors (Lipinski definition) is 2. The van der Waals surface area contributed by atoms with E-state index >= 15 is 0 Å². The fourth-order valence-electron chi connectivity index (χ4n) is 3.30. The quantitative estimate of drug-likeness (QED) is 0.802. The van der Waals surface area contributed by atoms with E-state index in [0.717, 1.165) is 24.9 Å².